The van der Waals surface area contributed by atoms with Crippen molar-refractivity contribution in [1.82, 2.24) is 4.57 Å². The number of thiazole rings is 1. The molecule has 2 aliphatic rings. The molecular formula is C29H23N3O5S2. The van der Waals surface area contributed by atoms with Crippen LogP contribution in [-0.2, 0) is 20.9 Å². The first kappa shape index (κ1) is 25.1. The van der Waals surface area contributed by atoms with Gasteiger partial charge in [0.2, 0.25) is 17.7 Å². The number of hydrogen-bond donors (Lipinski definition) is 1. The molecule has 1 saturated heterocycles. The lowest BCUT2D eigenvalue weighted by molar-refractivity contribution is -0.122. The Morgan fingerprint density at radius 1 is 0.897 bits per heavy atom. The molecule has 0 spiro atoms. The first-order chi connectivity index (χ1) is 19.0. The summed E-state index contributed by atoms with van der Waals surface area (Å²) in [5, 5.41) is 2.63. The number of hydrogen-bond acceptors (Lipinski definition) is 7. The van der Waals surface area contributed by atoms with Crippen molar-refractivity contribution in [3.05, 3.63) is 105 Å². The van der Waals surface area contributed by atoms with Gasteiger partial charge in [-0.15, -0.1) is 0 Å². The standard InChI is InChI=1S/C29H23N3O5S2/c1-37-20-14-12-19(13-15-20)32-26(34)23-22(17-8-4-2-5-9-17)25-28(38-24(23)27(32)35)31(29(36)39-25)16-21(33)30-18-10-6-3-7-11-18/h2-15,22-24H,16H2,1H3,(H,30,33)/t22-,23-,24+/m0/s1. The second kappa shape index (κ2) is 10.2. The van der Waals surface area contributed by atoms with Gasteiger partial charge in [-0.3, -0.25) is 23.7 Å². The van der Waals surface area contributed by atoms with E-state index in [0.717, 1.165) is 16.9 Å². The molecule has 0 bridgehead atoms. The topological polar surface area (TPSA) is 97.7 Å². The summed E-state index contributed by atoms with van der Waals surface area (Å²) in [6.07, 6.45) is 0. The Kier molecular flexibility index (Phi) is 6.58. The average Bonchev–Trinajstić information content (AvgIpc) is 3.40. The van der Waals surface area contributed by atoms with Gasteiger partial charge in [0.25, 0.3) is 0 Å². The van der Waals surface area contributed by atoms with Gasteiger partial charge < -0.3 is 10.1 Å². The number of fused-ring (bicyclic) bond motifs is 2. The van der Waals surface area contributed by atoms with Gasteiger partial charge >= 0.3 is 4.87 Å². The quantitative estimate of drug-likeness (QED) is 0.354. The van der Waals surface area contributed by atoms with E-state index < -0.39 is 17.1 Å². The minimum Gasteiger partial charge on any atom is -0.497 e. The number of ether oxygens (including phenoxy) is 1. The molecule has 2 aliphatic heterocycles. The van der Waals surface area contributed by atoms with Crippen molar-refractivity contribution in [2.24, 2.45) is 5.92 Å². The summed E-state index contributed by atoms with van der Waals surface area (Å²) in [7, 11) is 1.55. The zero-order valence-electron chi connectivity index (χ0n) is 20.8. The average molecular weight is 558 g/mol. The van der Waals surface area contributed by atoms with Crippen molar-refractivity contribution in [3.8, 4) is 5.75 Å². The van der Waals surface area contributed by atoms with Crippen molar-refractivity contribution >= 4 is 52.2 Å². The Morgan fingerprint density at radius 3 is 2.23 bits per heavy atom. The van der Waals surface area contributed by atoms with Gasteiger partial charge in [0.15, 0.2) is 0 Å². The molecule has 1 N–H and O–H groups in total. The van der Waals surface area contributed by atoms with Crippen LogP contribution < -0.4 is 19.8 Å². The Morgan fingerprint density at radius 2 is 1.56 bits per heavy atom. The maximum absolute atomic E-state index is 13.9. The molecule has 4 aromatic rings. The van der Waals surface area contributed by atoms with Crippen LogP contribution in [0.25, 0.3) is 0 Å². The SMILES string of the molecule is COc1ccc(N2C(=O)[C@H]3[C@H](c4ccccc4)c4sc(=O)n(CC(=O)Nc5ccccc5)c4S[C@H]3C2=O)cc1. The molecule has 1 fully saturated rings. The summed E-state index contributed by atoms with van der Waals surface area (Å²) in [5.74, 6) is -1.57. The number of benzene rings is 3. The number of carbonyl (C=O) groups is 3. The smallest absolute Gasteiger partial charge is 0.308 e. The fourth-order valence-corrected chi connectivity index (χ4v) is 7.90. The monoisotopic (exact) mass is 557 g/mol. The molecule has 0 aliphatic carbocycles. The summed E-state index contributed by atoms with van der Waals surface area (Å²) in [6.45, 7) is -0.199. The van der Waals surface area contributed by atoms with E-state index in [1.165, 1.54) is 21.2 Å². The van der Waals surface area contributed by atoms with Crippen LogP contribution in [0.15, 0.2) is 94.7 Å². The zero-order chi connectivity index (χ0) is 27.1. The summed E-state index contributed by atoms with van der Waals surface area (Å²) >= 11 is 2.23. The molecule has 0 radical (unpaired) electrons. The van der Waals surface area contributed by atoms with E-state index in [9.17, 15) is 19.2 Å². The highest BCUT2D eigenvalue weighted by molar-refractivity contribution is 8.00. The predicted molar refractivity (Wildman–Crippen MR) is 151 cm³/mol. The maximum atomic E-state index is 13.9. The Labute approximate surface area is 232 Å². The number of methoxy groups -OCH3 is 1. The van der Waals surface area contributed by atoms with Gasteiger partial charge in [0, 0.05) is 16.5 Å². The van der Waals surface area contributed by atoms with Crippen molar-refractivity contribution in [3.63, 3.8) is 0 Å². The summed E-state index contributed by atoms with van der Waals surface area (Å²) < 4.78 is 6.64. The van der Waals surface area contributed by atoms with Gasteiger partial charge in [-0.2, -0.15) is 0 Å². The first-order valence-electron chi connectivity index (χ1n) is 12.3. The minimum atomic E-state index is -0.741. The van der Waals surface area contributed by atoms with Crippen LogP contribution >= 0.6 is 23.1 Å². The van der Waals surface area contributed by atoms with Crippen molar-refractivity contribution in [2.75, 3.05) is 17.3 Å². The fraction of sp³-hybridized carbons (Fsp3) is 0.172. The van der Waals surface area contributed by atoms with Crippen molar-refractivity contribution < 1.29 is 19.1 Å². The largest absolute Gasteiger partial charge is 0.497 e. The number of amides is 3. The number of nitrogens with zero attached hydrogens (tertiary/aromatic N) is 2. The van der Waals surface area contributed by atoms with Crippen molar-refractivity contribution in [1.29, 1.82) is 0 Å². The number of anilines is 2. The molecule has 8 nitrogen and oxygen atoms in total. The number of imide groups is 1. The van der Waals surface area contributed by atoms with E-state index >= 15 is 0 Å². The van der Waals surface area contributed by atoms with E-state index in [-0.39, 0.29) is 29.1 Å². The Hall–Kier alpha value is -4.15. The zero-order valence-corrected chi connectivity index (χ0v) is 22.4. The van der Waals surface area contributed by atoms with E-state index in [4.69, 9.17) is 4.74 Å². The molecule has 3 amide bonds. The number of nitrogens with one attached hydrogen (secondary N) is 1. The van der Waals surface area contributed by atoms with Gasteiger partial charge in [0.1, 0.15) is 17.5 Å². The molecule has 0 saturated carbocycles. The van der Waals surface area contributed by atoms with E-state index in [1.54, 1.807) is 43.5 Å². The van der Waals surface area contributed by atoms with Crippen LogP contribution in [0, 0.1) is 5.92 Å². The van der Waals surface area contributed by atoms with Crippen LogP contribution in [-0.4, -0.2) is 34.6 Å². The Bertz CT molecular complexity index is 1620. The summed E-state index contributed by atoms with van der Waals surface area (Å²) in [5.41, 5.74) is 1.94. The molecule has 10 heteroatoms. The van der Waals surface area contributed by atoms with Crippen LogP contribution in [0.1, 0.15) is 16.4 Å². The number of para-hydroxylation sites is 1. The molecule has 1 aromatic heterocycles. The third-order valence-corrected chi connectivity index (χ3v) is 9.50. The molecule has 39 heavy (non-hydrogen) atoms. The minimum absolute atomic E-state index is 0.199. The molecule has 6 rings (SSSR count). The molecular weight excluding hydrogens is 534 g/mol. The molecule has 196 valence electrons. The lowest BCUT2D eigenvalue weighted by Gasteiger charge is -2.30. The first-order valence-corrected chi connectivity index (χ1v) is 14.0. The molecule has 0 unspecified atom stereocenters. The number of carbonyl (C=O) groups excluding carboxylic acids is 3. The maximum Gasteiger partial charge on any atom is 0.308 e. The fourth-order valence-electron chi connectivity index (χ4n) is 5.13. The second-order valence-electron chi connectivity index (χ2n) is 9.20. The van der Waals surface area contributed by atoms with E-state index in [1.807, 2.05) is 48.5 Å². The van der Waals surface area contributed by atoms with E-state index in [2.05, 4.69) is 5.32 Å². The molecule has 3 heterocycles. The van der Waals surface area contributed by atoms with Gasteiger partial charge in [-0.05, 0) is 42.0 Å². The normalized spacial score (nSPS) is 19.9. The summed E-state index contributed by atoms with van der Waals surface area (Å²) in [6, 6.07) is 25.3. The highest BCUT2D eigenvalue weighted by Gasteiger charge is 2.56. The highest BCUT2D eigenvalue weighted by Crippen LogP contribution is 2.53. The summed E-state index contributed by atoms with van der Waals surface area (Å²) in [4.78, 5) is 55.4. The second-order valence-corrected chi connectivity index (χ2v) is 11.3. The third kappa shape index (κ3) is 4.45. The van der Waals surface area contributed by atoms with Crippen LogP contribution in [0.5, 0.6) is 5.75 Å². The Balaban J connectivity index is 1.40. The molecule has 3 aromatic carbocycles. The molecule has 3 atom stereocenters. The number of rotatable bonds is 6. The predicted octanol–water partition coefficient (Wildman–Crippen LogP) is 4.35. The van der Waals surface area contributed by atoms with Crippen LogP contribution in [0.4, 0.5) is 11.4 Å². The number of thioether (sulfide) groups is 1. The lowest BCUT2D eigenvalue weighted by atomic mass is 9.83. The van der Waals surface area contributed by atoms with Crippen LogP contribution in [0.2, 0.25) is 0 Å². The van der Waals surface area contributed by atoms with Crippen molar-refractivity contribution in [2.45, 2.75) is 22.7 Å². The van der Waals surface area contributed by atoms with E-state index in [0.29, 0.717) is 27.0 Å². The van der Waals surface area contributed by atoms with Crippen LogP contribution in [0.3, 0.4) is 0 Å². The van der Waals surface area contributed by atoms with Gasteiger partial charge in [-0.1, -0.05) is 71.6 Å². The highest BCUT2D eigenvalue weighted by atomic mass is 32.2. The van der Waals surface area contributed by atoms with Gasteiger partial charge in [-0.25, -0.2) is 4.90 Å². The number of aromatic nitrogens is 1. The van der Waals surface area contributed by atoms with Gasteiger partial charge in [0.05, 0.1) is 23.7 Å². The lowest BCUT2D eigenvalue weighted by Crippen LogP contribution is -2.33. The third-order valence-electron chi connectivity index (χ3n) is 6.90.